The number of urea groups is 1. The van der Waals surface area contributed by atoms with E-state index in [2.05, 4.69) is 32.6 Å². The van der Waals surface area contributed by atoms with Gasteiger partial charge in [0.2, 0.25) is 0 Å². The predicted molar refractivity (Wildman–Crippen MR) is 87.4 cm³/mol. The van der Waals surface area contributed by atoms with Crippen molar-refractivity contribution in [3.05, 3.63) is 57.6 Å². The molecule has 2 N–H and O–H groups in total. The maximum Gasteiger partial charge on any atom is 0.323 e. The Morgan fingerprint density at radius 2 is 1.60 bits per heavy atom. The summed E-state index contributed by atoms with van der Waals surface area (Å²) in [5, 5.41) is 5.71. The smallest absolute Gasteiger partial charge is 0.308 e. The number of aryl methyl sites for hydroxylation is 3. The van der Waals surface area contributed by atoms with Crippen molar-refractivity contribution in [2.45, 2.75) is 20.8 Å². The van der Waals surface area contributed by atoms with Crippen molar-refractivity contribution in [2.75, 3.05) is 10.6 Å². The van der Waals surface area contributed by atoms with Crippen LogP contribution in [0.25, 0.3) is 0 Å². The number of rotatable bonds is 2. The van der Waals surface area contributed by atoms with Crippen molar-refractivity contribution in [3.8, 4) is 0 Å². The van der Waals surface area contributed by atoms with Crippen molar-refractivity contribution < 1.29 is 4.79 Å². The minimum absolute atomic E-state index is 0.236. The molecule has 0 aliphatic carbocycles. The molecule has 0 aliphatic heterocycles. The molecule has 2 rings (SSSR count). The third kappa shape index (κ3) is 3.84. The highest BCUT2D eigenvalue weighted by molar-refractivity contribution is 9.10. The molecule has 0 spiro atoms. The van der Waals surface area contributed by atoms with E-state index in [1.54, 1.807) is 0 Å². The summed E-state index contributed by atoms with van der Waals surface area (Å²) in [6.45, 7) is 5.97. The van der Waals surface area contributed by atoms with Gasteiger partial charge in [0.15, 0.2) is 0 Å². The van der Waals surface area contributed by atoms with Crippen LogP contribution in [-0.4, -0.2) is 6.03 Å². The molecule has 2 aromatic rings. The van der Waals surface area contributed by atoms with Crippen LogP contribution in [-0.2, 0) is 0 Å². The van der Waals surface area contributed by atoms with E-state index in [1.807, 2.05) is 51.1 Å². The van der Waals surface area contributed by atoms with E-state index in [-0.39, 0.29) is 6.03 Å². The molecule has 0 unspecified atom stereocenters. The van der Waals surface area contributed by atoms with Crippen LogP contribution in [0.1, 0.15) is 16.7 Å². The number of hydrogen-bond donors (Lipinski definition) is 2. The highest BCUT2D eigenvalue weighted by Crippen LogP contribution is 2.20. The third-order valence-corrected chi connectivity index (χ3v) is 3.41. The lowest BCUT2D eigenvalue weighted by Crippen LogP contribution is -2.20. The Kier molecular flexibility index (Phi) is 4.45. The first-order valence-electron chi connectivity index (χ1n) is 6.36. The fraction of sp³-hybridized carbons (Fsp3) is 0.188. The van der Waals surface area contributed by atoms with Gasteiger partial charge in [-0.05, 0) is 67.8 Å². The molecule has 2 aromatic carbocycles. The number of anilines is 2. The molecule has 0 aliphatic rings. The van der Waals surface area contributed by atoms with Gasteiger partial charge < -0.3 is 10.6 Å². The Labute approximate surface area is 127 Å². The highest BCUT2D eigenvalue weighted by atomic mass is 79.9. The lowest BCUT2D eigenvalue weighted by atomic mass is 10.1. The van der Waals surface area contributed by atoms with Gasteiger partial charge in [-0.1, -0.05) is 22.0 Å². The molecular weight excluding hydrogens is 316 g/mol. The topological polar surface area (TPSA) is 41.1 Å². The first-order chi connectivity index (χ1) is 9.44. The first kappa shape index (κ1) is 14.6. The monoisotopic (exact) mass is 332 g/mol. The van der Waals surface area contributed by atoms with Gasteiger partial charge in [-0.15, -0.1) is 0 Å². The number of carbonyl (C=O) groups is 1. The van der Waals surface area contributed by atoms with Gasteiger partial charge in [0.25, 0.3) is 0 Å². The van der Waals surface area contributed by atoms with E-state index in [0.29, 0.717) is 0 Å². The molecule has 0 fully saturated rings. The molecule has 104 valence electrons. The van der Waals surface area contributed by atoms with E-state index < -0.39 is 0 Å². The molecule has 3 nitrogen and oxygen atoms in total. The molecular formula is C16H17BrN2O. The van der Waals surface area contributed by atoms with Crippen LogP contribution >= 0.6 is 15.9 Å². The lowest BCUT2D eigenvalue weighted by Gasteiger charge is -2.11. The summed E-state index contributed by atoms with van der Waals surface area (Å²) in [4.78, 5) is 12.0. The van der Waals surface area contributed by atoms with Crippen LogP contribution in [0.3, 0.4) is 0 Å². The van der Waals surface area contributed by atoms with Gasteiger partial charge in [0, 0.05) is 15.8 Å². The number of nitrogens with one attached hydrogen (secondary N) is 2. The molecule has 0 radical (unpaired) electrons. The maximum atomic E-state index is 12.0. The number of hydrogen-bond acceptors (Lipinski definition) is 1. The normalized spacial score (nSPS) is 10.2. The van der Waals surface area contributed by atoms with Gasteiger partial charge in [0.05, 0.1) is 0 Å². The minimum atomic E-state index is -0.236. The van der Waals surface area contributed by atoms with E-state index in [9.17, 15) is 4.79 Å². The van der Waals surface area contributed by atoms with Crippen LogP contribution < -0.4 is 10.6 Å². The summed E-state index contributed by atoms with van der Waals surface area (Å²) >= 11 is 3.40. The lowest BCUT2D eigenvalue weighted by molar-refractivity contribution is 0.262. The summed E-state index contributed by atoms with van der Waals surface area (Å²) in [5.41, 5.74) is 4.86. The third-order valence-electron chi connectivity index (χ3n) is 2.92. The highest BCUT2D eigenvalue weighted by Gasteiger charge is 2.06. The molecule has 20 heavy (non-hydrogen) atoms. The number of amides is 2. The Morgan fingerprint density at radius 3 is 2.20 bits per heavy atom. The maximum absolute atomic E-state index is 12.0. The zero-order valence-corrected chi connectivity index (χ0v) is 13.3. The van der Waals surface area contributed by atoms with E-state index in [4.69, 9.17) is 0 Å². The van der Waals surface area contributed by atoms with Crippen LogP contribution in [0.4, 0.5) is 16.2 Å². The van der Waals surface area contributed by atoms with E-state index in [0.717, 1.165) is 32.5 Å². The summed E-state index contributed by atoms with van der Waals surface area (Å²) in [6, 6.07) is 11.5. The second kappa shape index (κ2) is 6.09. The largest absolute Gasteiger partial charge is 0.323 e. The van der Waals surface area contributed by atoms with Crippen LogP contribution in [0.2, 0.25) is 0 Å². The Morgan fingerprint density at radius 1 is 0.950 bits per heavy atom. The van der Waals surface area contributed by atoms with Crippen molar-refractivity contribution in [2.24, 2.45) is 0 Å². The average molecular weight is 333 g/mol. The zero-order chi connectivity index (χ0) is 14.7. The average Bonchev–Trinajstić information content (AvgIpc) is 2.31. The molecule has 0 aromatic heterocycles. The van der Waals surface area contributed by atoms with Crippen molar-refractivity contribution in [1.82, 2.24) is 0 Å². The first-order valence-corrected chi connectivity index (χ1v) is 7.16. The van der Waals surface area contributed by atoms with Gasteiger partial charge in [-0.2, -0.15) is 0 Å². The summed E-state index contributed by atoms with van der Waals surface area (Å²) in [5.74, 6) is 0. The molecule has 4 heteroatoms. The molecule has 0 atom stereocenters. The van der Waals surface area contributed by atoms with E-state index >= 15 is 0 Å². The fourth-order valence-corrected chi connectivity index (χ4v) is 2.57. The molecule has 2 amide bonds. The van der Waals surface area contributed by atoms with Gasteiger partial charge >= 0.3 is 6.03 Å². The molecule has 0 saturated carbocycles. The van der Waals surface area contributed by atoms with Crippen molar-refractivity contribution >= 4 is 33.3 Å². The van der Waals surface area contributed by atoms with Gasteiger partial charge in [0.1, 0.15) is 0 Å². The number of benzene rings is 2. The molecule has 0 heterocycles. The summed E-state index contributed by atoms with van der Waals surface area (Å²) < 4.78 is 0.996. The fourth-order valence-electron chi connectivity index (χ4n) is 2.10. The molecule has 0 saturated heterocycles. The second-order valence-electron chi connectivity index (χ2n) is 4.91. The Balaban J connectivity index is 2.09. The van der Waals surface area contributed by atoms with E-state index in [1.165, 1.54) is 0 Å². The second-order valence-corrected chi connectivity index (χ2v) is 5.83. The Bertz CT molecular complexity index is 633. The minimum Gasteiger partial charge on any atom is -0.308 e. The number of halogens is 1. The summed E-state index contributed by atoms with van der Waals surface area (Å²) in [7, 11) is 0. The van der Waals surface area contributed by atoms with Crippen molar-refractivity contribution in [1.29, 1.82) is 0 Å². The quantitative estimate of drug-likeness (QED) is 0.796. The zero-order valence-electron chi connectivity index (χ0n) is 11.8. The summed E-state index contributed by atoms with van der Waals surface area (Å²) in [6.07, 6.45) is 0. The number of carbonyl (C=O) groups excluding carboxylic acids is 1. The SMILES string of the molecule is Cc1cc(C)cc(NC(=O)Nc2ccc(Br)cc2C)c1. The molecule has 0 bridgehead atoms. The predicted octanol–water partition coefficient (Wildman–Crippen LogP) is 5.02. The Hall–Kier alpha value is -1.81. The van der Waals surface area contributed by atoms with Crippen LogP contribution in [0, 0.1) is 20.8 Å². The van der Waals surface area contributed by atoms with Crippen LogP contribution in [0.5, 0.6) is 0 Å². The van der Waals surface area contributed by atoms with Crippen molar-refractivity contribution in [3.63, 3.8) is 0 Å². The van der Waals surface area contributed by atoms with Crippen LogP contribution in [0.15, 0.2) is 40.9 Å². The van der Waals surface area contributed by atoms with Gasteiger partial charge in [-0.25, -0.2) is 4.79 Å². The van der Waals surface area contributed by atoms with Gasteiger partial charge in [-0.3, -0.25) is 0 Å². The standard InChI is InChI=1S/C16H17BrN2O/c1-10-6-11(2)8-14(7-10)18-16(20)19-15-5-4-13(17)9-12(15)3/h4-9H,1-3H3,(H2,18,19,20).